The van der Waals surface area contributed by atoms with Gasteiger partial charge in [0.25, 0.3) is 5.91 Å². The molecule has 18 heavy (non-hydrogen) atoms. The van der Waals surface area contributed by atoms with Crippen molar-refractivity contribution in [2.24, 2.45) is 0 Å². The summed E-state index contributed by atoms with van der Waals surface area (Å²) >= 11 is 0. The Labute approximate surface area is 104 Å². The second kappa shape index (κ2) is 5.00. The summed E-state index contributed by atoms with van der Waals surface area (Å²) in [6, 6.07) is 7.69. The fourth-order valence-electron chi connectivity index (χ4n) is 1.54. The van der Waals surface area contributed by atoms with Crippen LogP contribution in [0.4, 0.5) is 4.39 Å². The molecule has 0 aliphatic heterocycles. The molecule has 0 spiro atoms. The number of nitrogens with one attached hydrogen (secondary N) is 1. The largest absolute Gasteiger partial charge is 0.348 e. The number of amides is 1. The van der Waals surface area contributed by atoms with Crippen molar-refractivity contribution < 1.29 is 9.18 Å². The number of carbonyl (C=O) groups excluding carboxylic acids is 1. The minimum atomic E-state index is -0.337. The van der Waals surface area contributed by atoms with E-state index >= 15 is 0 Å². The first-order chi connectivity index (χ1) is 8.56. The molecule has 0 saturated heterocycles. The van der Waals surface area contributed by atoms with Crippen molar-refractivity contribution in [3.63, 3.8) is 0 Å². The molecule has 0 atom stereocenters. The van der Waals surface area contributed by atoms with Crippen LogP contribution in [0.2, 0.25) is 0 Å². The quantitative estimate of drug-likeness (QED) is 0.903. The smallest absolute Gasteiger partial charge is 0.271 e. The summed E-state index contributed by atoms with van der Waals surface area (Å²) in [5.41, 5.74) is 0.895. The molecule has 0 aliphatic rings. The van der Waals surface area contributed by atoms with E-state index in [-0.39, 0.29) is 17.8 Å². The van der Waals surface area contributed by atoms with Gasteiger partial charge in [-0.15, -0.1) is 0 Å². The first-order valence-electron chi connectivity index (χ1n) is 5.69. The molecule has 1 heterocycles. The van der Waals surface area contributed by atoms with Gasteiger partial charge in [0.05, 0.1) is 5.69 Å². The summed E-state index contributed by atoms with van der Waals surface area (Å²) < 4.78 is 14.5. The van der Waals surface area contributed by atoms with Crippen LogP contribution in [0.5, 0.6) is 0 Å². The number of aromatic nitrogens is 2. The monoisotopic (exact) mass is 247 g/mol. The van der Waals surface area contributed by atoms with Crippen LogP contribution in [0, 0.1) is 5.82 Å². The summed E-state index contributed by atoms with van der Waals surface area (Å²) in [6.07, 6.45) is 1.63. The SMILES string of the molecule is CC(C)NC(=O)c1ccn(-c2cccc(F)c2)n1. The zero-order chi connectivity index (χ0) is 13.1. The molecule has 0 bridgehead atoms. The number of carbonyl (C=O) groups is 1. The third-order valence-corrected chi connectivity index (χ3v) is 2.31. The predicted molar refractivity (Wildman–Crippen MR) is 66.1 cm³/mol. The third kappa shape index (κ3) is 2.74. The van der Waals surface area contributed by atoms with Gasteiger partial charge in [0, 0.05) is 12.2 Å². The third-order valence-electron chi connectivity index (χ3n) is 2.31. The average Bonchev–Trinajstić information content (AvgIpc) is 2.77. The van der Waals surface area contributed by atoms with E-state index in [1.54, 1.807) is 24.4 Å². The Hall–Kier alpha value is -2.17. The van der Waals surface area contributed by atoms with Gasteiger partial charge in [-0.3, -0.25) is 4.79 Å². The second-order valence-corrected chi connectivity index (χ2v) is 4.25. The van der Waals surface area contributed by atoms with Crippen molar-refractivity contribution in [3.05, 3.63) is 48.0 Å². The number of halogens is 1. The number of benzene rings is 1. The summed E-state index contributed by atoms with van der Waals surface area (Å²) in [5.74, 6) is -0.573. The van der Waals surface area contributed by atoms with Gasteiger partial charge in [0.2, 0.25) is 0 Å². The molecule has 1 amide bonds. The van der Waals surface area contributed by atoms with Gasteiger partial charge in [0.1, 0.15) is 5.82 Å². The Morgan fingerprint density at radius 1 is 1.39 bits per heavy atom. The van der Waals surface area contributed by atoms with Crippen LogP contribution in [0.15, 0.2) is 36.5 Å². The van der Waals surface area contributed by atoms with E-state index in [1.165, 1.54) is 16.8 Å². The number of hydrogen-bond donors (Lipinski definition) is 1. The number of hydrogen-bond acceptors (Lipinski definition) is 2. The maximum atomic E-state index is 13.1. The molecule has 0 radical (unpaired) electrons. The van der Waals surface area contributed by atoms with Crippen LogP contribution < -0.4 is 5.32 Å². The Morgan fingerprint density at radius 3 is 2.83 bits per heavy atom. The zero-order valence-electron chi connectivity index (χ0n) is 10.2. The van der Waals surface area contributed by atoms with Crippen LogP contribution in [0.1, 0.15) is 24.3 Å². The maximum absolute atomic E-state index is 13.1. The van der Waals surface area contributed by atoms with Crippen LogP contribution in [0.25, 0.3) is 5.69 Å². The zero-order valence-corrected chi connectivity index (χ0v) is 10.2. The van der Waals surface area contributed by atoms with Crippen LogP contribution in [-0.2, 0) is 0 Å². The molecule has 0 aliphatic carbocycles. The van der Waals surface area contributed by atoms with Crippen molar-refractivity contribution >= 4 is 5.91 Å². The van der Waals surface area contributed by atoms with Crippen molar-refractivity contribution in [2.75, 3.05) is 0 Å². The van der Waals surface area contributed by atoms with Gasteiger partial charge in [-0.2, -0.15) is 5.10 Å². The van der Waals surface area contributed by atoms with Gasteiger partial charge in [-0.05, 0) is 38.1 Å². The molecular weight excluding hydrogens is 233 g/mol. The topological polar surface area (TPSA) is 46.9 Å². The average molecular weight is 247 g/mol. The van der Waals surface area contributed by atoms with Gasteiger partial charge >= 0.3 is 0 Å². The fourth-order valence-corrected chi connectivity index (χ4v) is 1.54. The minimum Gasteiger partial charge on any atom is -0.348 e. The van der Waals surface area contributed by atoms with E-state index in [9.17, 15) is 9.18 Å². The maximum Gasteiger partial charge on any atom is 0.271 e. The highest BCUT2D eigenvalue weighted by Crippen LogP contribution is 2.09. The highest BCUT2D eigenvalue weighted by molar-refractivity contribution is 5.92. The summed E-state index contributed by atoms with van der Waals surface area (Å²) in [7, 11) is 0. The van der Waals surface area contributed by atoms with E-state index in [4.69, 9.17) is 0 Å². The summed E-state index contributed by atoms with van der Waals surface area (Å²) in [6.45, 7) is 3.75. The van der Waals surface area contributed by atoms with E-state index in [0.29, 0.717) is 11.4 Å². The van der Waals surface area contributed by atoms with E-state index < -0.39 is 0 Å². The summed E-state index contributed by atoms with van der Waals surface area (Å²) in [4.78, 5) is 11.7. The molecule has 4 nitrogen and oxygen atoms in total. The van der Waals surface area contributed by atoms with E-state index in [1.807, 2.05) is 13.8 Å². The molecule has 5 heteroatoms. The lowest BCUT2D eigenvalue weighted by molar-refractivity contribution is 0.0937. The molecule has 94 valence electrons. The molecule has 1 N–H and O–H groups in total. The molecule has 2 aromatic rings. The second-order valence-electron chi connectivity index (χ2n) is 4.25. The van der Waals surface area contributed by atoms with Gasteiger partial charge in [-0.25, -0.2) is 9.07 Å². The first kappa shape index (κ1) is 12.3. The Balaban J connectivity index is 2.23. The fraction of sp³-hybridized carbons (Fsp3) is 0.231. The molecule has 0 saturated carbocycles. The normalized spacial score (nSPS) is 10.7. The standard InChI is InChI=1S/C13H14FN3O/c1-9(2)15-13(18)12-6-7-17(16-12)11-5-3-4-10(14)8-11/h3-9H,1-2H3,(H,15,18). The Bertz CT molecular complexity index is 563. The van der Waals surface area contributed by atoms with Gasteiger partial charge in [0.15, 0.2) is 5.69 Å². The van der Waals surface area contributed by atoms with E-state index in [0.717, 1.165) is 0 Å². The highest BCUT2D eigenvalue weighted by Gasteiger charge is 2.11. The molecule has 0 unspecified atom stereocenters. The molecule has 0 fully saturated rings. The van der Waals surface area contributed by atoms with Crippen LogP contribution in [-0.4, -0.2) is 21.7 Å². The number of nitrogens with zero attached hydrogens (tertiary/aromatic N) is 2. The van der Waals surface area contributed by atoms with Crippen LogP contribution >= 0.6 is 0 Å². The highest BCUT2D eigenvalue weighted by atomic mass is 19.1. The lowest BCUT2D eigenvalue weighted by atomic mass is 10.3. The summed E-state index contributed by atoms with van der Waals surface area (Å²) in [5, 5.41) is 6.86. The Kier molecular flexibility index (Phi) is 3.41. The molecule has 1 aromatic carbocycles. The first-order valence-corrected chi connectivity index (χ1v) is 5.69. The van der Waals surface area contributed by atoms with E-state index in [2.05, 4.69) is 10.4 Å². The molecule has 1 aromatic heterocycles. The van der Waals surface area contributed by atoms with Gasteiger partial charge in [-0.1, -0.05) is 6.07 Å². The van der Waals surface area contributed by atoms with Crippen molar-refractivity contribution in [1.82, 2.24) is 15.1 Å². The Morgan fingerprint density at radius 2 is 2.17 bits per heavy atom. The predicted octanol–water partition coefficient (Wildman–Crippen LogP) is 2.15. The van der Waals surface area contributed by atoms with Crippen LogP contribution in [0.3, 0.4) is 0 Å². The number of rotatable bonds is 3. The van der Waals surface area contributed by atoms with Crippen molar-refractivity contribution in [2.45, 2.75) is 19.9 Å². The molecular formula is C13H14FN3O. The van der Waals surface area contributed by atoms with Gasteiger partial charge < -0.3 is 5.32 Å². The van der Waals surface area contributed by atoms with Crippen molar-refractivity contribution in [3.8, 4) is 5.69 Å². The minimum absolute atomic E-state index is 0.0526. The molecule has 2 rings (SSSR count). The lowest BCUT2D eigenvalue weighted by Gasteiger charge is -2.05. The van der Waals surface area contributed by atoms with Crippen molar-refractivity contribution in [1.29, 1.82) is 0 Å². The lowest BCUT2D eigenvalue weighted by Crippen LogP contribution is -2.30.